The molecule has 0 spiro atoms. The average molecular weight is 1900 g/mol. The highest BCUT2D eigenvalue weighted by Gasteiger charge is 2.31. The van der Waals surface area contributed by atoms with E-state index in [1.54, 1.807) is 154 Å². The molecule has 0 atom stereocenters. The number of pyridine rings is 3. The molecule has 0 bridgehead atoms. The van der Waals surface area contributed by atoms with Crippen molar-refractivity contribution in [3.05, 3.63) is 348 Å². The lowest BCUT2D eigenvalue weighted by Gasteiger charge is -2.22. The van der Waals surface area contributed by atoms with Crippen LogP contribution < -0.4 is 37.8 Å². The van der Waals surface area contributed by atoms with Gasteiger partial charge < -0.3 is 42.4 Å². The summed E-state index contributed by atoms with van der Waals surface area (Å²) in [5.41, 5.74) is 8.94. The molecule has 0 aliphatic carbocycles. The molecule has 6 heterocycles. The van der Waals surface area contributed by atoms with Gasteiger partial charge in [0, 0.05) is 84.4 Å². The summed E-state index contributed by atoms with van der Waals surface area (Å²) >= 11 is 38.0. The largest absolute Gasteiger partial charge is 0.569 e. The predicted octanol–water partition coefficient (Wildman–Crippen LogP) is 22.5. The number of benzene rings is 11. The van der Waals surface area contributed by atoms with Gasteiger partial charge in [-0.1, -0.05) is 158 Å². The van der Waals surface area contributed by atoms with E-state index >= 15 is 0 Å². The van der Waals surface area contributed by atoms with Crippen molar-refractivity contribution in [3.63, 3.8) is 0 Å². The highest BCUT2D eigenvalue weighted by molar-refractivity contribution is 7.93. The zero-order valence-corrected chi connectivity index (χ0v) is 74.3. The van der Waals surface area contributed by atoms with E-state index in [2.05, 4.69) is 39.7 Å². The summed E-state index contributed by atoms with van der Waals surface area (Å²) in [7, 11) is -6.92. The van der Waals surface area contributed by atoms with E-state index in [-0.39, 0.29) is 83.9 Å². The molecular weight excluding hydrogens is 1840 g/mol. The minimum absolute atomic E-state index is 0.00854. The maximum absolute atomic E-state index is 14.1. The number of methoxy groups -OCH3 is 3. The second-order valence-corrected chi connectivity index (χ2v) is 35.8. The van der Waals surface area contributed by atoms with Crippen LogP contribution in [0.15, 0.2) is 301 Å². The molecule has 24 nitrogen and oxygen atoms in total. The van der Waals surface area contributed by atoms with Crippen molar-refractivity contribution in [1.29, 1.82) is 0 Å². The van der Waals surface area contributed by atoms with E-state index in [4.69, 9.17) is 103 Å². The number of hydrogen-bond donors (Lipinski definition) is 3. The second kappa shape index (κ2) is 39.5. The number of H-pyrrole nitrogens is 1. The number of aryl methyl sites for hydroxylation is 2. The number of sulfonamides is 3. The Balaban J connectivity index is 0.000000143. The summed E-state index contributed by atoms with van der Waals surface area (Å²) in [6.45, 7) is 3.81. The van der Waals surface area contributed by atoms with Crippen LogP contribution in [0.25, 0.3) is 88.2 Å². The van der Waals surface area contributed by atoms with E-state index < -0.39 is 35.6 Å². The Bertz CT molecular complexity index is 7420. The van der Waals surface area contributed by atoms with Crippen LogP contribution >= 0.6 is 69.6 Å². The van der Waals surface area contributed by atoms with E-state index in [0.29, 0.717) is 128 Å². The van der Waals surface area contributed by atoms with Gasteiger partial charge in [-0.15, -0.1) is 0 Å². The summed E-state index contributed by atoms with van der Waals surface area (Å²) in [6.07, 6.45) is 3.88. The lowest BCUT2D eigenvalue weighted by atomic mass is 9.95. The molecule has 0 unspecified atom stereocenters. The van der Waals surface area contributed by atoms with Gasteiger partial charge >= 0.3 is 7.69 Å². The highest BCUT2D eigenvalue weighted by atomic mass is 35.5. The first kappa shape index (κ1) is 91.3. The molecule has 37 heteroatoms. The zero-order chi connectivity index (χ0) is 90.9. The van der Waals surface area contributed by atoms with Gasteiger partial charge in [0.05, 0.1) is 65.5 Å². The average Bonchev–Trinajstić information content (AvgIpc) is 0.842. The van der Waals surface area contributed by atoms with E-state index in [0.717, 1.165) is 22.3 Å². The van der Waals surface area contributed by atoms with Crippen LogP contribution in [0.2, 0.25) is 30.5 Å². The highest BCUT2D eigenvalue weighted by Crippen LogP contribution is 2.43. The van der Waals surface area contributed by atoms with Crippen LogP contribution in [0.5, 0.6) is 23.0 Å². The van der Waals surface area contributed by atoms with Crippen molar-refractivity contribution in [2.24, 2.45) is 0 Å². The zero-order valence-electron chi connectivity index (χ0n) is 67.3. The van der Waals surface area contributed by atoms with Crippen molar-refractivity contribution in [1.82, 2.24) is 30.4 Å². The van der Waals surface area contributed by atoms with Crippen LogP contribution in [0.3, 0.4) is 0 Å². The quantitative estimate of drug-likeness (QED) is 0.0396. The van der Waals surface area contributed by atoms with Crippen LogP contribution in [0, 0.1) is 31.3 Å². The third-order valence-corrected chi connectivity index (χ3v) is 26.3. The number of aromatic nitrogens is 6. The fraction of sp³-hybridized carbons (Fsp3) is 0.0769. The smallest absolute Gasteiger partial charge is 0.535 e. The summed E-state index contributed by atoms with van der Waals surface area (Å²) in [5, 5.41) is 25.1. The van der Waals surface area contributed by atoms with E-state index in [1.807, 2.05) is 26.0 Å². The Morgan fingerprint density at radius 3 is 1.38 bits per heavy atom. The van der Waals surface area contributed by atoms with E-state index in [1.165, 1.54) is 132 Å². The van der Waals surface area contributed by atoms with Crippen molar-refractivity contribution in [2.45, 2.75) is 41.6 Å². The van der Waals surface area contributed by atoms with Crippen molar-refractivity contribution in [3.8, 4) is 78.9 Å². The predicted molar refractivity (Wildman–Crippen MR) is 489 cm³/mol. The minimum atomic E-state index is -4.11. The number of fused-ring (bicyclic) bond motifs is 3. The van der Waals surface area contributed by atoms with Crippen LogP contribution in [0.4, 0.5) is 30.6 Å². The van der Waals surface area contributed by atoms with Gasteiger partial charge in [0.2, 0.25) is 5.56 Å². The molecule has 0 fully saturated rings. The molecule has 0 amide bonds. The Kier molecular flexibility index (Phi) is 28.2. The number of rotatable bonds is 23. The Morgan fingerprint density at radius 1 is 0.445 bits per heavy atom. The maximum Gasteiger partial charge on any atom is 0.569 e. The monoisotopic (exact) mass is 1900 g/mol. The molecule has 6 aromatic heterocycles. The topological polar surface area (TPSA) is 315 Å². The molecule has 1 radical (unpaired) electrons. The molecule has 0 aliphatic rings. The first-order chi connectivity index (χ1) is 61.4. The van der Waals surface area contributed by atoms with Crippen molar-refractivity contribution < 1.29 is 75.9 Å². The molecule has 3 N–H and O–H groups in total. The molecular formula is C91H66BCl6F3N9O15S3. The number of aromatic amines is 1. The molecule has 128 heavy (non-hydrogen) atoms. The molecule has 649 valence electrons. The standard InChI is InChI=1S/C33H24Cl2FN3O4S.C25H17ClFN3O4S.C20H15Cl2N3O4S.C13H10BClFO3/c1-20-14-29(22-4-3-5-24(36)15-22)30(34)18-28(20)33-27-11-10-26(16-23(27)17-31(35)37-33)44(40,41)39(32-12-13-43-38-32)19-21-6-8-25(42-2)9-7-21;1-14-9-21(15-3-2-4-17(27)10-15)22(26)13-20(14)25-19-6-5-18(11-16(19)12-24(31)28-25)35(32,33)30-23-7-8-34-29-23;1-28-15-4-2-13(3-5-15)12-25(19-8-9-29-24-19)30(26,27)16-6-7-17-14(10-16)11-18(21)23-20(17)22;1-18-12-6-10(8-3-2-4-9(16)5-8)11(15)7-13(12)19-14-17/h3-18H,19H2,1-2H3;2-13H,1H3,(H,28,31)(H,29,30);2-11H,12H2,1H3;2-7,17H,1H3. The molecule has 17 aromatic rings. The number of ether oxygens (including phenoxy) is 3. The van der Waals surface area contributed by atoms with Gasteiger partial charge in [0.25, 0.3) is 30.1 Å². The number of hydrogen-bond acceptors (Lipinski definition) is 20. The van der Waals surface area contributed by atoms with Crippen molar-refractivity contribution >= 4 is 157 Å². The Labute approximate surface area is 760 Å². The molecule has 0 saturated heterocycles. The summed E-state index contributed by atoms with van der Waals surface area (Å²) in [4.78, 5) is 23.9. The van der Waals surface area contributed by atoms with Crippen molar-refractivity contribution in [2.75, 3.05) is 34.7 Å². The van der Waals surface area contributed by atoms with Gasteiger partial charge in [-0.3, -0.25) is 9.52 Å². The third kappa shape index (κ3) is 20.8. The first-order valence-corrected chi connectivity index (χ1v) is 44.5. The summed E-state index contributed by atoms with van der Waals surface area (Å²) < 4.78 is 161. The maximum atomic E-state index is 14.1. The van der Waals surface area contributed by atoms with Gasteiger partial charge in [0.1, 0.15) is 68.9 Å². The molecule has 17 rings (SSSR count). The van der Waals surface area contributed by atoms with Crippen LogP contribution in [-0.2, 0) is 43.2 Å². The van der Waals surface area contributed by atoms with Gasteiger partial charge in [-0.25, -0.2) is 57.0 Å². The summed E-state index contributed by atoms with van der Waals surface area (Å²) in [6, 6.07) is 65.5. The number of nitrogens with one attached hydrogen (secondary N) is 2. The number of anilines is 3. The second-order valence-electron chi connectivity index (χ2n) is 28.0. The summed E-state index contributed by atoms with van der Waals surface area (Å²) in [5.74, 6) is 1.24. The Hall–Kier alpha value is -12.9. The lowest BCUT2D eigenvalue weighted by molar-refractivity contribution is 0.382. The minimum Gasteiger partial charge on any atom is -0.535 e. The van der Waals surface area contributed by atoms with Gasteiger partial charge in [-0.2, -0.15) is 0 Å². The molecule has 0 aliphatic heterocycles. The van der Waals surface area contributed by atoms with Gasteiger partial charge in [0.15, 0.2) is 23.2 Å². The normalized spacial score (nSPS) is 11.4. The van der Waals surface area contributed by atoms with E-state index in [9.17, 15) is 43.2 Å². The third-order valence-electron chi connectivity index (χ3n) is 19.8. The fourth-order valence-electron chi connectivity index (χ4n) is 13.6. The van der Waals surface area contributed by atoms with Gasteiger partial charge in [-0.05, 0) is 215 Å². The molecule has 0 saturated carbocycles. The van der Waals surface area contributed by atoms with Crippen LogP contribution in [0.1, 0.15) is 22.3 Å². The van der Waals surface area contributed by atoms with Crippen LogP contribution in [-0.4, -0.2) is 89.7 Å². The number of nitrogens with zero attached hydrogens (tertiary/aromatic N) is 7. The lowest BCUT2D eigenvalue weighted by Crippen LogP contribution is -2.30. The Morgan fingerprint density at radius 2 is 0.891 bits per heavy atom. The SMILES string of the molecule is COc1cc(-c2cccc(F)c2)c(Cl)cc1O[B]O.COc1ccc(CN(c2ccon2)S(=O)(=O)c2ccc3c(-c4cc(Cl)c(-c5cccc(F)c5)cc4C)nc(Cl)cc3c2)cc1.COc1ccc(CN(c2ccon2)S(=O)(=O)c2ccc3c(Cl)nc(Cl)cc3c2)cc1.Cc1cc(-c2cccc(F)c2)c(Cl)cc1-c1[nH]c(=O)cc2cc(S(=O)(=O)Nc3ccon3)ccc12. The fourth-order valence-corrected chi connectivity index (χ4v) is 19.1. The molecule has 11 aromatic carbocycles. The number of halogens is 9. The first-order valence-electron chi connectivity index (χ1n) is 37.9.